The van der Waals surface area contributed by atoms with Crippen molar-refractivity contribution >= 4 is 28.2 Å². The van der Waals surface area contributed by atoms with Gasteiger partial charge < -0.3 is 15.2 Å². The van der Waals surface area contributed by atoms with Crippen LogP contribution in [0.5, 0.6) is 0 Å². The Balaban J connectivity index is 2.51. The number of hydrogen-bond donors (Lipinski definition) is 1. The highest BCUT2D eigenvalue weighted by Gasteiger charge is 2.18. The molecule has 1 amide bonds. The van der Waals surface area contributed by atoms with Crippen molar-refractivity contribution in [2.24, 2.45) is 5.92 Å². The summed E-state index contributed by atoms with van der Waals surface area (Å²) in [5, 5.41) is 16.3. The second-order valence-corrected chi connectivity index (χ2v) is 6.48. The molecule has 0 unspecified atom stereocenters. The van der Waals surface area contributed by atoms with Gasteiger partial charge in [-0.3, -0.25) is 4.79 Å². The van der Waals surface area contributed by atoms with Crippen molar-refractivity contribution in [3.8, 4) is 11.1 Å². The summed E-state index contributed by atoms with van der Waals surface area (Å²) in [5.41, 5.74) is 3.57. The molecule has 0 spiro atoms. The number of anilines is 1. The van der Waals surface area contributed by atoms with Crippen LogP contribution in [0, 0.1) is 19.8 Å². The molecule has 116 valence electrons. The largest absolute Gasteiger partial charge is 0.545 e. The number of amides is 1. The molecule has 0 aliphatic rings. The van der Waals surface area contributed by atoms with Crippen molar-refractivity contribution in [2.75, 3.05) is 5.32 Å². The van der Waals surface area contributed by atoms with Gasteiger partial charge >= 0.3 is 0 Å². The van der Waals surface area contributed by atoms with Crippen molar-refractivity contribution in [3.63, 3.8) is 0 Å². The number of aryl methyl sites for hydroxylation is 2. The fraction of sp³-hybridized carbons (Fsp3) is 0.294. The minimum atomic E-state index is -1.28. The highest BCUT2D eigenvalue weighted by atomic mass is 32.1. The highest BCUT2D eigenvalue weighted by molar-refractivity contribution is 7.15. The molecule has 0 saturated heterocycles. The fourth-order valence-corrected chi connectivity index (χ4v) is 3.17. The Hall–Kier alpha value is -2.14. The molecule has 22 heavy (non-hydrogen) atoms. The van der Waals surface area contributed by atoms with Gasteiger partial charge in [-0.1, -0.05) is 37.6 Å². The Morgan fingerprint density at radius 1 is 1.18 bits per heavy atom. The zero-order chi connectivity index (χ0) is 16.4. The molecule has 2 aromatic rings. The Labute approximate surface area is 133 Å². The lowest BCUT2D eigenvalue weighted by Crippen LogP contribution is -2.25. The molecule has 0 saturated carbocycles. The first-order valence-corrected chi connectivity index (χ1v) is 7.90. The van der Waals surface area contributed by atoms with Gasteiger partial charge in [0.05, 0.1) is 5.97 Å². The van der Waals surface area contributed by atoms with Crippen LogP contribution in [0.25, 0.3) is 11.1 Å². The van der Waals surface area contributed by atoms with Gasteiger partial charge in [-0.15, -0.1) is 11.3 Å². The molecule has 5 heteroatoms. The van der Waals surface area contributed by atoms with Crippen LogP contribution in [0.4, 0.5) is 5.00 Å². The normalized spacial score (nSPS) is 10.8. The van der Waals surface area contributed by atoms with E-state index in [1.54, 1.807) is 19.2 Å². The molecule has 2 rings (SSSR count). The lowest BCUT2D eigenvalue weighted by molar-refractivity contribution is -0.254. The van der Waals surface area contributed by atoms with E-state index in [-0.39, 0.29) is 17.4 Å². The molecule has 0 fully saturated rings. The van der Waals surface area contributed by atoms with Gasteiger partial charge in [0, 0.05) is 22.4 Å². The molecule has 1 aromatic carbocycles. The molecule has 1 N–H and O–H groups in total. The van der Waals surface area contributed by atoms with Crippen molar-refractivity contribution in [2.45, 2.75) is 27.7 Å². The predicted molar refractivity (Wildman–Crippen MR) is 87.0 cm³/mol. The van der Waals surface area contributed by atoms with Crippen molar-refractivity contribution in [1.29, 1.82) is 0 Å². The first-order chi connectivity index (χ1) is 10.3. The summed E-state index contributed by atoms with van der Waals surface area (Å²) in [5.74, 6) is -1.71. The Kier molecular flexibility index (Phi) is 4.66. The SMILES string of the molecule is Cc1ccc(-c2csc(NC(=O)C(C)C)c2C(=O)[O-])c(C)c1. The van der Waals surface area contributed by atoms with Crippen LogP contribution in [-0.4, -0.2) is 11.9 Å². The van der Waals surface area contributed by atoms with Crippen LogP contribution >= 0.6 is 11.3 Å². The van der Waals surface area contributed by atoms with E-state index in [0.29, 0.717) is 10.6 Å². The van der Waals surface area contributed by atoms with Crippen molar-refractivity contribution < 1.29 is 14.7 Å². The van der Waals surface area contributed by atoms with E-state index in [1.807, 2.05) is 32.0 Å². The first kappa shape index (κ1) is 16.2. The Morgan fingerprint density at radius 3 is 2.41 bits per heavy atom. The van der Waals surface area contributed by atoms with Crippen LogP contribution in [-0.2, 0) is 4.79 Å². The highest BCUT2D eigenvalue weighted by Crippen LogP contribution is 2.37. The number of rotatable bonds is 4. The molecule has 1 aromatic heterocycles. The number of hydrogen-bond acceptors (Lipinski definition) is 4. The zero-order valence-electron chi connectivity index (χ0n) is 13.0. The number of thiophene rings is 1. The first-order valence-electron chi connectivity index (χ1n) is 7.02. The summed E-state index contributed by atoms with van der Waals surface area (Å²) in [6.07, 6.45) is 0. The van der Waals surface area contributed by atoms with Gasteiger partial charge in [-0.25, -0.2) is 0 Å². The van der Waals surface area contributed by atoms with Crippen LogP contribution in [0.15, 0.2) is 23.6 Å². The van der Waals surface area contributed by atoms with E-state index in [4.69, 9.17) is 0 Å². The number of nitrogens with one attached hydrogen (secondary N) is 1. The lowest BCUT2D eigenvalue weighted by atomic mass is 9.97. The van der Waals surface area contributed by atoms with Gasteiger partial charge in [0.2, 0.25) is 5.91 Å². The average molecular weight is 316 g/mol. The smallest absolute Gasteiger partial charge is 0.227 e. The number of benzene rings is 1. The summed E-state index contributed by atoms with van der Waals surface area (Å²) in [6.45, 7) is 7.43. The molecule has 0 bridgehead atoms. The van der Waals surface area contributed by atoms with E-state index in [0.717, 1.165) is 16.7 Å². The van der Waals surface area contributed by atoms with Gasteiger partial charge in [0.25, 0.3) is 0 Å². The lowest BCUT2D eigenvalue weighted by Gasteiger charge is -2.12. The van der Waals surface area contributed by atoms with E-state index in [2.05, 4.69) is 5.32 Å². The molecule has 0 aliphatic carbocycles. The summed E-state index contributed by atoms with van der Waals surface area (Å²) in [4.78, 5) is 23.4. The predicted octanol–water partition coefficient (Wildman–Crippen LogP) is 2.99. The molecular formula is C17H18NO3S-. The van der Waals surface area contributed by atoms with E-state index >= 15 is 0 Å². The Morgan fingerprint density at radius 2 is 1.86 bits per heavy atom. The minimum absolute atomic E-state index is 0.0472. The quantitative estimate of drug-likeness (QED) is 0.942. The minimum Gasteiger partial charge on any atom is -0.545 e. The average Bonchev–Trinajstić information content (AvgIpc) is 2.82. The maximum Gasteiger partial charge on any atom is 0.227 e. The maximum atomic E-state index is 11.8. The molecular weight excluding hydrogens is 298 g/mol. The second-order valence-electron chi connectivity index (χ2n) is 5.60. The third-order valence-corrected chi connectivity index (χ3v) is 4.32. The monoisotopic (exact) mass is 316 g/mol. The topological polar surface area (TPSA) is 69.2 Å². The fourth-order valence-electron chi connectivity index (χ4n) is 2.22. The van der Waals surface area contributed by atoms with E-state index in [1.165, 1.54) is 11.3 Å². The van der Waals surface area contributed by atoms with Crippen molar-refractivity contribution in [3.05, 3.63) is 40.3 Å². The van der Waals surface area contributed by atoms with Crippen LogP contribution in [0.2, 0.25) is 0 Å². The number of carboxylic acids is 1. The summed E-state index contributed by atoms with van der Waals surface area (Å²) >= 11 is 1.21. The van der Waals surface area contributed by atoms with Gasteiger partial charge in [-0.2, -0.15) is 0 Å². The third-order valence-electron chi connectivity index (χ3n) is 3.43. The molecule has 0 aliphatic heterocycles. The maximum absolute atomic E-state index is 11.8. The summed E-state index contributed by atoms with van der Waals surface area (Å²) < 4.78 is 0. The van der Waals surface area contributed by atoms with Crippen molar-refractivity contribution in [1.82, 2.24) is 0 Å². The molecule has 0 radical (unpaired) electrons. The standard InChI is InChI=1S/C17H19NO3S/c1-9(2)15(19)18-16-14(17(20)21)13(8-22-16)12-6-5-10(3)7-11(12)4/h5-9H,1-4H3,(H,18,19)(H,20,21)/p-1. The van der Waals surface area contributed by atoms with Crippen LogP contribution < -0.4 is 10.4 Å². The van der Waals surface area contributed by atoms with E-state index in [9.17, 15) is 14.7 Å². The van der Waals surface area contributed by atoms with Gasteiger partial charge in [-0.05, 0) is 25.0 Å². The van der Waals surface area contributed by atoms with Crippen LogP contribution in [0.3, 0.4) is 0 Å². The van der Waals surface area contributed by atoms with Gasteiger partial charge in [0.15, 0.2) is 0 Å². The number of carbonyl (C=O) groups is 2. The number of carbonyl (C=O) groups excluding carboxylic acids is 2. The zero-order valence-corrected chi connectivity index (χ0v) is 13.8. The molecule has 0 atom stereocenters. The number of carboxylic acid groups (broad SMARTS) is 1. The molecule has 4 nitrogen and oxygen atoms in total. The molecule has 1 heterocycles. The Bertz CT molecular complexity index is 732. The second kappa shape index (κ2) is 6.32. The summed E-state index contributed by atoms with van der Waals surface area (Å²) in [6, 6.07) is 5.83. The summed E-state index contributed by atoms with van der Waals surface area (Å²) in [7, 11) is 0. The number of aromatic carboxylic acids is 1. The van der Waals surface area contributed by atoms with Crippen LogP contribution in [0.1, 0.15) is 35.3 Å². The third kappa shape index (κ3) is 3.20. The van der Waals surface area contributed by atoms with E-state index < -0.39 is 5.97 Å². The van der Waals surface area contributed by atoms with Gasteiger partial charge in [0.1, 0.15) is 5.00 Å².